The number of pyridine rings is 1. The molecular weight excluding hydrogens is 427 g/mol. The lowest BCUT2D eigenvalue weighted by molar-refractivity contribution is -0.120. The van der Waals surface area contributed by atoms with Gasteiger partial charge in [-0.1, -0.05) is 6.07 Å². The summed E-state index contributed by atoms with van der Waals surface area (Å²) < 4.78 is 48.5. The average Bonchev–Trinajstić information content (AvgIpc) is 2.78. The molecule has 5 N–H and O–H groups in total. The van der Waals surface area contributed by atoms with E-state index in [-0.39, 0.29) is 36.0 Å². The second kappa shape index (κ2) is 11.4. The number of nitrogens with two attached hydrogens (primary N) is 1. The van der Waals surface area contributed by atoms with Crippen molar-refractivity contribution in [1.82, 2.24) is 15.7 Å². The molecule has 0 radical (unpaired) electrons. The molecule has 0 fully saturated rings. The van der Waals surface area contributed by atoms with E-state index in [1.807, 2.05) is 0 Å². The van der Waals surface area contributed by atoms with E-state index in [1.54, 1.807) is 6.07 Å². The fraction of sp³-hybridized carbons (Fsp3) is 0.300. The molecule has 12 heteroatoms. The number of carbonyl (C=O) groups is 1. The summed E-state index contributed by atoms with van der Waals surface area (Å²) in [5, 5.41) is 17.6. The van der Waals surface area contributed by atoms with E-state index < -0.39 is 36.3 Å². The number of anilines is 1. The average molecular weight is 449 g/mol. The second-order valence-corrected chi connectivity index (χ2v) is 6.39. The van der Waals surface area contributed by atoms with Crippen molar-refractivity contribution in [3.63, 3.8) is 0 Å². The molecule has 2 rings (SSSR count). The van der Waals surface area contributed by atoms with Gasteiger partial charge in [0.2, 0.25) is 5.91 Å². The Kier molecular flexibility index (Phi) is 8.64. The number of rotatable bonds is 10. The molecule has 0 unspecified atom stereocenters. The number of benzene rings is 1. The van der Waals surface area contributed by atoms with Gasteiger partial charge in [0.15, 0.2) is 5.82 Å². The van der Waals surface area contributed by atoms with Crippen LogP contribution in [0.4, 0.5) is 18.9 Å². The van der Waals surface area contributed by atoms with Crippen molar-refractivity contribution in [2.45, 2.75) is 12.3 Å². The van der Waals surface area contributed by atoms with E-state index in [0.29, 0.717) is 0 Å². The van der Waals surface area contributed by atoms with Gasteiger partial charge in [0.1, 0.15) is 12.3 Å². The highest BCUT2D eigenvalue weighted by Gasteiger charge is 2.33. The van der Waals surface area contributed by atoms with E-state index in [9.17, 15) is 23.2 Å². The third-order valence-corrected chi connectivity index (χ3v) is 4.14. The zero-order valence-corrected chi connectivity index (χ0v) is 17.2. The van der Waals surface area contributed by atoms with Gasteiger partial charge in [0, 0.05) is 18.8 Å². The summed E-state index contributed by atoms with van der Waals surface area (Å²) in [6, 6.07) is 8.17. The minimum atomic E-state index is -3.36. The minimum absolute atomic E-state index is 0.0144. The maximum atomic E-state index is 14.9. The smallest absolute Gasteiger partial charge is 0.306 e. The lowest BCUT2D eigenvalue weighted by Gasteiger charge is -2.18. The Bertz CT molecular complexity index is 995. The number of halogens is 3. The van der Waals surface area contributed by atoms with Gasteiger partial charge >= 0.3 is 11.9 Å². The van der Waals surface area contributed by atoms with Crippen molar-refractivity contribution in [2.75, 3.05) is 32.1 Å². The molecule has 32 heavy (non-hydrogen) atoms. The van der Waals surface area contributed by atoms with Gasteiger partial charge in [-0.15, -0.1) is 5.10 Å². The fourth-order valence-corrected chi connectivity index (χ4v) is 2.62. The Morgan fingerprint density at radius 3 is 2.78 bits per heavy atom. The number of nitrogens with one attached hydrogen (secondary N) is 3. The molecule has 170 valence electrons. The molecule has 0 saturated carbocycles. The number of ether oxygens (including phenoxy) is 1. The predicted octanol–water partition coefficient (Wildman–Crippen LogP) is 1.42. The van der Waals surface area contributed by atoms with Gasteiger partial charge in [-0.3, -0.25) is 9.78 Å². The first-order valence-corrected chi connectivity index (χ1v) is 9.42. The number of carbonyl (C=O) groups excluding carboxylic acids is 1. The van der Waals surface area contributed by atoms with Crippen LogP contribution in [0.3, 0.4) is 0 Å². The first-order chi connectivity index (χ1) is 15.3. The molecule has 0 aliphatic rings. The number of hydrazone groups is 1. The van der Waals surface area contributed by atoms with Gasteiger partial charge in [0.05, 0.1) is 36.8 Å². The van der Waals surface area contributed by atoms with Gasteiger partial charge in [-0.2, -0.15) is 14.0 Å². The molecule has 0 aliphatic carbocycles. The first-order valence-electron chi connectivity index (χ1n) is 9.42. The van der Waals surface area contributed by atoms with Gasteiger partial charge < -0.3 is 26.5 Å². The van der Waals surface area contributed by atoms with E-state index in [0.717, 1.165) is 6.07 Å². The van der Waals surface area contributed by atoms with Crippen LogP contribution in [0.2, 0.25) is 0 Å². The lowest BCUT2D eigenvalue weighted by Crippen LogP contribution is -2.31. The zero-order chi connectivity index (χ0) is 23.6. The summed E-state index contributed by atoms with van der Waals surface area (Å²) in [7, 11) is 1.53. The van der Waals surface area contributed by atoms with Crippen LogP contribution in [-0.2, 0) is 21.9 Å². The van der Waals surface area contributed by atoms with Crippen LogP contribution in [0.5, 0.6) is 0 Å². The van der Waals surface area contributed by atoms with Crippen molar-refractivity contribution >= 4 is 17.6 Å². The van der Waals surface area contributed by atoms with Crippen molar-refractivity contribution in [3.05, 3.63) is 59.2 Å². The summed E-state index contributed by atoms with van der Waals surface area (Å²) in [6.07, 6.45) is 0.760. The number of hydrogen-bond donors (Lipinski definition) is 4. The molecule has 0 spiro atoms. The Labute approximate surface area is 182 Å². The van der Waals surface area contributed by atoms with Crippen molar-refractivity contribution in [2.24, 2.45) is 10.8 Å². The topological polar surface area (TPSA) is 137 Å². The minimum Gasteiger partial charge on any atom is -0.462 e. The number of nitriles is 1. The van der Waals surface area contributed by atoms with Gasteiger partial charge in [-0.05, 0) is 24.3 Å². The Morgan fingerprint density at radius 1 is 1.34 bits per heavy atom. The number of nitrogens with zero attached hydrogens (tertiary/aromatic N) is 3. The molecular formula is C20H22F3N7O2. The monoisotopic (exact) mass is 449 g/mol. The molecule has 9 nitrogen and oxygen atoms in total. The highest BCUT2D eigenvalue weighted by atomic mass is 19.3. The molecule has 1 heterocycles. The summed E-state index contributed by atoms with van der Waals surface area (Å²) in [5.41, 5.74) is 6.80. The van der Waals surface area contributed by atoms with Crippen molar-refractivity contribution < 1.29 is 22.7 Å². The third-order valence-electron chi connectivity index (χ3n) is 4.14. The van der Waals surface area contributed by atoms with Crippen LogP contribution in [0.1, 0.15) is 16.8 Å². The van der Waals surface area contributed by atoms with E-state index in [1.165, 1.54) is 37.5 Å². The number of amidine groups is 1. The summed E-state index contributed by atoms with van der Waals surface area (Å²) in [5.74, 6) is -4.92. The highest BCUT2D eigenvalue weighted by molar-refractivity contribution is 5.80. The first kappa shape index (κ1) is 24.3. The number of amides is 1. The summed E-state index contributed by atoms with van der Waals surface area (Å²) in [6.45, 7) is -0.859. The molecule has 2 aromatic rings. The molecule has 1 aromatic heterocycles. The predicted molar refractivity (Wildman–Crippen MR) is 111 cm³/mol. The number of alkyl halides is 2. The normalized spacial score (nSPS) is 11.4. The van der Waals surface area contributed by atoms with Crippen LogP contribution in [0, 0.1) is 17.1 Å². The van der Waals surface area contributed by atoms with Crippen LogP contribution in [0.15, 0.2) is 41.6 Å². The van der Waals surface area contributed by atoms with E-state index in [2.05, 4.69) is 26.1 Å². The zero-order valence-electron chi connectivity index (χ0n) is 17.2. The largest absolute Gasteiger partial charge is 0.462 e. The molecule has 0 saturated heterocycles. The maximum absolute atomic E-state index is 14.9. The van der Waals surface area contributed by atoms with E-state index in [4.69, 9.17) is 10.5 Å². The Balaban J connectivity index is 2.04. The summed E-state index contributed by atoms with van der Waals surface area (Å²) in [4.78, 5) is 15.8. The number of aromatic nitrogens is 1. The van der Waals surface area contributed by atoms with E-state index >= 15 is 0 Å². The molecule has 1 aromatic carbocycles. The highest BCUT2D eigenvalue weighted by Crippen LogP contribution is 2.28. The van der Waals surface area contributed by atoms with Crippen molar-refractivity contribution in [3.8, 4) is 6.07 Å². The fourth-order valence-electron chi connectivity index (χ4n) is 2.62. The second-order valence-electron chi connectivity index (χ2n) is 6.39. The Morgan fingerprint density at radius 2 is 2.12 bits per heavy atom. The lowest BCUT2D eigenvalue weighted by atomic mass is 10.0. The molecule has 0 bridgehead atoms. The number of hydrogen-bond acceptors (Lipinski definition) is 7. The quantitative estimate of drug-likeness (QED) is 0.186. The van der Waals surface area contributed by atoms with Gasteiger partial charge in [0.25, 0.3) is 0 Å². The SMILES string of the molecule is CNN=C(N)OCCNC(=O)Cc1c(C#N)ccc(NCC(F)(F)c2ccccn2)c1F. The van der Waals surface area contributed by atoms with Crippen LogP contribution in [0.25, 0.3) is 0 Å². The summed E-state index contributed by atoms with van der Waals surface area (Å²) >= 11 is 0. The molecule has 0 atom stereocenters. The third kappa shape index (κ3) is 6.76. The standard InChI is InChI=1S/C20H22F3N7O2/c1-26-30-19(25)32-9-8-28-17(31)10-14-13(11-24)5-6-15(18(14)21)29-12-20(22,23)16-4-2-3-7-27-16/h2-7,26,29H,8-10,12H2,1H3,(H2,25,30)(H,28,31). The van der Waals surface area contributed by atoms with Gasteiger partial charge in [-0.25, -0.2) is 4.39 Å². The van der Waals surface area contributed by atoms with Crippen LogP contribution < -0.4 is 21.8 Å². The molecule has 0 aliphatic heterocycles. The molecule has 1 amide bonds. The van der Waals surface area contributed by atoms with Crippen LogP contribution in [-0.4, -0.2) is 43.7 Å². The Hall–Kier alpha value is -4.01. The van der Waals surface area contributed by atoms with Crippen LogP contribution >= 0.6 is 0 Å². The maximum Gasteiger partial charge on any atom is 0.306 e. The van der Waals surface area contributed by atoms with Crippen molar-refractivity contribution in [1.29, 1.82) is 5.26 Å².